The van der Waals surface area contributed by atoms with Crippen LogP contribution in [0, 0.1) is 17.3 Å². The van der Waals surface area contributed by atoms with Crippen LogP contribution in [0.15, 0.2) is 11.8 Å². The van der Waals surface area contributed by atoms with Gasteiger partial charge >= 0.3 is 0 Å². The largest absolute Gasteiger partial charge is 0.406 e. The molecule has 4 rings (SSSR count). The topological polar surface area (TPSA) is 197 Å². The van der Waals surface area contributed by atoms with Crippen molar-refractivity contribution in [3.63, 3.8) is 0 Å². The Hall–Kier alpha value is -3.81. The first-order chi connectivity index (χ1) is 23.6. The van der Waals surface area contributed by atoms with Gasteiger partial charge in [-0.25, -0.2) is 0 Å². The molecule has 0 aromatic heterocycles. The van der Waals surface area contributed by atoms with Crippen molar-refractivity contribution < 1.29 is 38.4 Å². The van der Waals surface area contributed by atoms with Gasteiger partial charge in [-0.2, -0.15) is 5.90 Å². The van der Waals surface area contributed by atoms with Gasteiger partial charge in [-0.05, 0) is 62.7 Å². The van der Waals surface area contributed by atoms with Crippen molar-refractivity contribution in [1.82, 2.24) is 25.8 Å². The molecular formula is C36H56N6O8. The SMILES string of the molecule is CCC[C@H]1CN(C(=O)[C@@H](NC(=O)C(NC(=O)/C(=C/C(C)=O)ON)C2CCCCC2)C(C)(C)C)[C@@H]2C(=O)N([C@@H](CCC)C(=O)C(=O)NC3CC3)[C@@H]12. The molecule has 1 unspecified atom stereocenters. The smallest absolute Gasteiger partial charge is 0.289 e. The molecule has 0 radical (unpaired) electrons. The molecule has 5 amide bonds. The molecule has 4 aliphatic rings. The summed E-state index contributed by atoms with van der Waals surface area (Å²) in [5.74, 6) is 0.576. The fourth-order valence-corrected chi connectivity index (χ4v) is 7.78. The lowest BCUT2D eigenvalue weighted by Gasteiger charge is -2.51. The number of fused-ring (bicyclic) bond motifs is 1. The number of β-lactam (4-membered cyclic amide) rings is 1. The van der Waals surface area contributed by atoms with E-state index in [0.29, 0.717) is 32.1 Å². The lowest BCUT2D eigenvalue weighted by atomic mass is 9.81. The van der Waals surface area contributed by atoms with Gasteiger partial charge in [-0.3, -0.25) is 33.6 Å². The van der Waals surface area contributed by atoms with Crippen LogP contribution in [-0.2, 0) is 38.4 Å². The average Bonchev–Trinajstić information content (AvgIpc) is 3.82. The highest BCUT2D eigenvalue weighted by Gasteiger charge is 2.63. The number of amides is 5. The Kier molecular flexibility index (Phi) is 12.8. The molecule has 0 spiro atoms. The maximum Gasteiger partial charge on any atom is 0.289 e. The number of nitrogens with zero attached hydrogens (tertiary/aromatic N) is 2. The monoisotopic (exact) mass is 700 g/mol. The molecule has 14 heteroatoms. The third kappa shape index (κ3) is 8.73. The Bertz CT molecular complexity index is 1360. The minimum atomic E-state index is -1.06. The summed E-state index contributed by atoms with van der Waals surface area (Å²) < 4.78 is 0. The minimum Gasteiger partial charge on any atom is -0.406 e. The highest BCUT2D eigenvalue weighted by atomic mass is 16.6. The fraction of sp³-hybridized carbons (Fsp3) is 0.750. The third-order valence-corrected chi connectivity index (χ3v) is 10.5. The first kappa shape index (κ1) is 39.0. The number of allylic oxidation sites excluding steroid dienone is 1. The number of rotatable bonds is 16. The van der Waals surface area contributed by atoms with E-state index in [0.717, 1.165) is 44.6 Å². The Balaban J connectivity index is 1.58. The van der Waals surface area contributed by atoms with Crippen LogP contribution in [0.4, 0.5) is 0 Å². The van der Waals surface area contributed by atoms with Gasteiger partial charge in [0.1, 0.15) is 24.2 Å². The fourth-order valence-electron chi connectivity index (χ4n) is 7.78. The van der Waals surface area contributed by atoms with Crippen molar-refractivity contribution in [2.75, 3.05) is 6.54 Å². The molecule has 5 N–H and O–H groups in total. The summed E-state index contributed by atoms with van der Waals surface area (Å²) in [4.78, 5) is 101. The zero-order chi connectivity index (χ0) is 36.9. The van der Waals surface area contributed by atoms with E-state index in [4.69, 9.17) is 5.90 Å². The Labute approximate surface area is 295 Å². The summed E-state index contributed by atoms with van der Waals surface area (Å²) in [5.41, 5.74) is -0.791. The molecule has 278 valence electrons. The summed E-state index contributed by atoms with van der Waals surface area (Å²) in [6, 6.07) is -4.23. The normalized spacial score (nSPS) is 24.3. The standard InChI is InChI=1S/C36H56N6O8/c1-7-12-22-19-41(28-27(22)42(34(28)48)24(13-8-2)29(44)33(47)38-23-16-17-23)35(49)30(36(4,5)6)40-32(46)26(21-14-10-9-11-15-21)39-31(45)25(50-37)18-20(3)43/h18,21-24,26-28,30H,7-17,19,37H2,1-6H3,(H,38,47)(H,39,45)(H,40,46)/b25-18-/t22-,24-,26?,27-,28-,30+/m0/s1. The predicted octanol–water partition coefficient (Wildman–Crippen LogP) is 1.80. The lowest BCUT2D eigenvalue weighted by molar-refractivity contribution is -0.168. The molecule has 2 aliphatic carbocycles. The molecule has 0 aromatic rings. The number of carbonyl (C=O) groups excluding carboxylic acids is 7. The molecule has 0 bridgehead atoms. The van der Waals surface area contributed by atoms with Gasteiger partial charge in [0.25, 0.3) is 11.8 Å². The van der Waals surface area contributed by atoms with E-state index in [1.807, 2.05) is 34.6 Å². The summed E-state index contributed by atoms with van der Waals surface area (Å²) >= 11 is 0. The van der Waals surface area contributed by atoms with E-state index in [9.17, 15) is 33.6 Å². The van der Waals surface area contributed by atoms with Crippen LogP contribution < -0.4 is 21.8 Å². The molecule has 2 heterocycles. The number of nitrogens with one attached hydrogen (secondary N) is 3. The van der Waals surface area contributed by atoms with Crippen molar-refractivity contribution in [3.05, 3.63) is 11.8 Å². The zero-order valence-electron chi connectivity index (χ0n) is 30.4. The van der Waals surface area contributed by atoms with Crippen molar-refractivity contribution >= 4 is 41.1 Å². The number of Topliss-reactive ketones (excluding diaryl/α,β-unsaturated/α-hetero) is 1. The Morgan fingerprint density at radius 1 is 0.960 bits per heavy atom. The van der Waals surface area contributed by atoms with E-state index < -0.39 is 76.6 Å². The van der Waals surface area contributed by atoms with Gasteiger partial charge in [-0.15, -0.1) is 0 Å². The maximum absolute atomic E-state index is 14.5. The van der Waals surface area contributed by atoms with Crippen LogP contribution in [0.25, 0.3) is 0 Å². The van der Waals surface area contributed by atoms with Crippen LogP contribution in [0.5, 0.6) is 0 Å². The van der Waals surface area contributed by atoms with Gasteiger partial charge < -0.3 is 30.6 Å². The van der Waals surface area contributed by atoms with E-state index in [2.05, 4.69) is 20.8 Å². The number of likely N-dealkylation sites (tertiary alicyclic amines) is 2. The van der Waals surface area contributed by atoms with Crippen LogP contribution >= 0.6 is 0 Å². The number of carbonyl (C=O) groups is 7. The first-order valence-corrected chi connectivity index (χ1v) is 18.3. The van der Waals surface area contributed by atoms with Gasteiger partial charge in [0.2, 0.25) is 29.3 Å². The van der Waals surface area contributed by atoms with Gasteiger partial charge in [-0.1, -0.05) is 66.7 Å². The number of nitrogens with two attached hydrogens (primary N) is 1. The number of ketones is 2. The molecule has 2 saturated heterocycles. The van der Waals surface area contributed by atoms with Gasteiger partial charge in [0, 0.05) is 18.7 Å². The minimum absolute atomic E-state index is 0.00428. The van der Waals surface area contributed by atoms with E-state index in [1.54, 1.807) is 9.80 Å². The summed E-state index contributed by atoms with van der Waals surface area (Å²) in [5, 5.41) is 8.39. The second-order valence-electron chi connectivity index (χ2n) is 15.5. The van der Waals surface area contributed by atoms with Gasteiger partial charge in [0.05, 0.1) is 6.04 Å². The summed E-state index contributed by atoms with van der Waals surface area (Å²) in [7, 11) is 0. The Morgan fingerprint density at radius 3 is 2.16 bits per heavy atom. The van der Waals surface area contributed by atoms with Gasteiger partial charge in [0.15, 0.2) is 5.78 Å². The van der Waals surface area contributed by atoms with Crippen LogP contribution in [0.3, 0.4) is 0 Å². The molecular weight excluding hydrogens is 644 g/mol. The molecule has 0 aromatic carbocycles. The maximum atomic E-state index is 14.5. The number of hydrogen-bond donors (Lipinski definition) is 4. The quantitative estimate of drug-likeness (QED) is 0.0610. The molecule has 2 aliphatic heterocycles. The zero-order valence-corrected chi connectivity index (χ0v) is 30.4. The lowest BCUT2D eigenvalue weighted by Crippen LogP contribution is -2.73. The Morgan fingerprint density at radius 2 is 1.62 bits per heavy atom. The van der Waals surface area contributed by atoms with Crippen LogP contribution in [0.2, 0.25) is 0 Å². The summed E-state index contributed by atoms with van der Waals surface area (Å²) in [6.45, 7) is 10.9. The molecule has 50 heavy (non-hydrogen) atoms. The van der Waals surface area contributed by atoms with Crippen LogP contribution in [0.1, 0.15) is 112 Å². The second-order valence-corrected chi connectivity index (χ2v) is 15.5. The van der Waals surface area contributed by atoms with Crippen molar-refractivity contribution in [3.8, 4) is 0 Å². The predicted molar refractivity (Wildman–Crippen MR) is 183 cm³/mol. The highest BCUT2D eigenvalue weighted by Crippen LogP contribution is 2.43. The molecule has 2 saturated carbocycles. The van der Waals surface area contributed by atoms with Crippen LogP contribution in [-0.4, -0.2) is 93.7 Å². The van der Waals surface area contributed by atoms with E-state index in [-0.39, 0.29) is 30.3 Å². The highest BCUT2D eigenvalue weighted by molar-refractivity contribution is 6.38. The first-order valence-electron chi connectivity index (χ1n) is 18.3. The van der Waals surface area contributed by atoms with Crippen molar-refractivity contribution in [1.29, 1.82) is 0 Å². The molecule has 4 fully saturated rings. The van der Waals surface area contributed by atoms with E-state index in [1.165, 1.54) is 6.92 Å². The summed E-state index contributed by atoms with van der Waals surface area (Å²) in [6.07, 6.45) is 9.14. The van der Waals surface area contributed by atoms with Crippen molar-refractivity contribution in [2.24, 2.45) is 23.1 Å². The van der Waals surface area contributed by atoms with E-state index >= 15 is 0 Å². The molecule has 14 nitrogen and oxygen atoms in total. The van der Waals surface area contributed by atoms with Crippen molar-refractivity contribution in [2.45, 2.75) is 148 Å². The molecule has 6 atom stereocenters. The third-order valence-electron chi connectivity index (χ3n) is 10.5. The number of hydrogen-bond acceptors (Lipinski definition) is 9. The average molecular weight is 701 g/mol. The second kappa shape index (κ2) is 16.5.